The summed E-state index contributed by atoms with van der Waals surface area (Å²) in [5.41, 5.74) is -0.506. The molecule has 9 heteroatoms. The number of nitrogens with one attached hydrogen (secondary N) is 1. The smallest absolute Gasteiger partial charge is 0.325 e. The SMILES string of the molecule is O=C(CS[C@H]1CCS(=O)(=O)C1)Nc1ccc(C(F)(F)F)cc1. The summed E-state index contributed by atoms with van der Waals surface area (Å²) in [6.07, 6.45) is -3.88. The first-order valence-corrected chi connectivity index (χ1v) is 9.32. The van der Waals surface area contributed by atoms with Crippen LogP contribution in [-0.4, -0.2) is 36.8 Å². The Labute approximate surface area is 130 Å². The largest absolute Gasteiger partial charge is 0.416 e. The molecule has 1 fully saturated rings. The van der Waals surface area contributed by atoms with Gasteiger partial charge in [-0.25, -0.2) is 8.42 Å². The van der Waals surface area contributed by atoms with Crippen LogP contribution in [0.2, 0.25) is 0 Å². The third-order valence-corrected chi connectivity index (χ3v) is 6.42. The highest BCUT2D eigenvalue weighted by atomic mass is 32.2. The molecule has 122 valence electrons. The number of hydrogen-bond donors (Lipinski definition) is 1. The maximum atomic E-state index is 12.4. The number of carbonyl (C=O) groups excluding carboxylic acids is 1. The summed E-state index contributed by atoms with van der Waals surface area (Å²) < 4.78 is 59.8. The molecule has 2 rings (SSSR count). The number of halogens is 3. The molecule has 0 bridgehead atoms. The molecule has 1 amide bonds. The number of benzene rings is 1. The third kappa shape index (κ3) is 4.91. The number of amides is 1. The van der Waals surface area contributed by atoms with Gasteiger partial charge in [0, 0.05) is 10.9 Å². The zero-order valence-corrected chi connectivity index (χ0v) is 13.0. The molecule has 1 aromatic carbocycles. The lowest BCUT2D eigenvalue weighted by molar-refractivity contribution is -0.137. The Morgan fingerprint density at radius 1 is 1.27 bits per heavy atom. The summed E-state index contributed by atoms with van der Waals surface area (Å²) in [5.74, 6) is -0.0773. The Morgan fingerprint density at radius 3 is 2.41 bits per heavy atom. The van der Waals surface area contributed by atoms with E-state index in [0.29, 0.717) is 6.42 Å². The van der Waals surface area contributed by atoms with Gasteiger partial charge in [0.05, 0.1) is 22.8 Å². The van der Waals surface area contributed by atoms with Crippen LogP contribution in [0.3, 0.4) is 0 Å². The number of rotatable bonds is 4. The van der Waals surface area contributed by atoms with Crippen molar-refractivity contribution in [1.82, 2.24) is 0 Å². The van der Waals surface area contributed by atoms with Crippen molar-refractivity contribution in [2.75, 3.05) is 22.6 Å². The lowest BCUT2D eigenvalue weighted by atomic mass is 10.2. The van der Waals surface area contributed by atoms with E-state index in [4.69, 9.17) is 0 Å². The molecule has 1 aromatic rings. The van der Waals surface area contributed by atoms with Crippen LogP contribution in [0.4, 0.5) is 18.9 Å². The van der Waals surface area contributed by atoms with Gasteiger partial charge in [0.15, 0.2) is 9.84 Å². The van der Waals surface area contributed by atoms with Crippen molar-refractivity contribution >= 4 is 33.2 Å². The van der Waals surface area contributed by atoms with Gasteiger partial charge in [0.1, 0.15) is 0 Å². The van der Waals surface area contributed by atoms with Crippen molar-refractivity contribution in [2.24, 2.45) is 0 Å². The number of alkyl halides is 3. The van der Waals surface area contributed by atoms with Crippen LogP contribution in [0, 0.1) is 0 Å². The summed E-state index contributed by atoms with van der Waals surface area (Å²) >= 11 is 1.25. The molecule has 1 saturated heterocycles. The summed E-state index contributed by atoms with van der Waals surface area (Å²) in [5, 5.41) is 2.39. The third-order valence-electron chi connectivity index (χ3n) is 3.14. The van der Waals surface area contributed by atoms with Crippen molar-refractivity contribution < 1.29 is 26.4 Å². The Bertz CT molecular complexity index is 641. The lowest BCUT2D eigenvalue weighted by Gasteiger charge is -2.10. The van der Waals surface area contributed by atoms with Crippen molar-refractivity contribution in [2.45, 2.75) is 17.8 Å². The molecule has 22 heavy (non-hydrogen) atoms. The highest BCUT2D eigenvalue weighted by Gasteiger charge is 2.30. The van der Waals surface area contributed by atoms with E-state index in [2.05, 4.69) is 5.32 Å². The van der Waals surface area contributed by atoms with Gasteiger partial charge in [-0.3, -0.25) is 4.79 Å². The molecule has 1 heterocycles. The zero-order chi connectivity index (χ0) is 16.4. The van der Waals surface area contributed by atoms with Crippen molar-refractivity contribution in [3.05, 3.63) is 29.8 Å². The van der Waals surface area contributed by atoms with Crippen molar-refractivity contribution in [3.63, 3.8) is 0 Å². The highest BCUT2D eigenvalue weighted by molar-refractivity contribution is 8.02. The van der Waals surface area contributed by atoms with Crippen LogP contribution in [0.5, 0.6) is 0 Å². The molecular weight excluding hydrogens is 339 g/mol. The van der Waals surface area contributed by atoms with Crippen LogP contribution < -0.4 is 5.32 Å². The standard InChI is InChI=1S/C13H14F3NO3S2/c14-13(15,16)9-1-3-10(4-2-9)17-12(18)7-21-11-5-6-22(19,20)8-11/h1-4,11H,5-8H2,(H,17,18)/t11-/m0/s1. The predicted molar refractivity (Wildman–Crippen MR) is 79.6 cm³/mol. The maximum absolute atomic E-state index is 12.4. The number of carbonyl (C=O) groups is 1. The van der Waals surface area contributed by atoms with E-state index in [1.165, 1.54) is 23.9 Å². The molecule has 0 unspecified atom stereocenters. The van der Waals surface area contributed by atoms with Crippen LogP contribution in [-0.2, 0) is 20.8 Å². The van der Waals surface area contributed by atoms with Gasteiger partial charge in [0.25, 0.3) is 0 Å². The van der Waals surface area contributed by atoms with Gasteiger partial charge in [-0.05, 0) is 30.7 Å². The van der Waals surface area contributed by atoms with Crippen LogP contribution in [0.15, 0.2) is 24.3 Å². The van der Waals surface area contributed by atoms with E-state index in [-0.39, 0.29) is 34.1 Å². The van der Waals surface area contributed by atoms with Gasteiger partial charge in [-0.15, -0.1) is 11.8 Å². The van der Waals surface area contributed by atoms with Gasteiger partial charge < -0.3 is 5.32 Å². The second kappa shape index (κ2) is 6.49. The fourth-order valence-electron chi connectivity index (χ4n) is 2.03. The predicted octanol–water partition coefficient (Wildman–Crippen LogP) is 2.56. The molecular formula is C13H14F3NO3S2. The van der Waals surface area contributed by atoms with E-state index < -0.39 is 21.6 Å². The van der Waals surface area contributed by atoms with E-state index in [9.17, 15) is 26.4 Å². The number of hydrogen-bond acceptors (Lipinski definition) is 4. The van der Waals surface area contributed by atoms with Crippen LogP contribution in [0.1, 0.15) is 12.0 Å². The second-order valence-corrected chi connectivity index (χ2v) is 8.48. The quantitative estimate of drug-likeness (QED) is 0.904. The van der Waals surface area contributed by atoms with E-state index in [1.54, 1.807) is 0 Å². The van der Waals surface area contributed by atoms with Crippen LogP contribution >= 0.6 is 11.8 Å². The molecule has 1 aliphatic heterocycles. The fraction of sp³-hybridized carbons (Fsp3) is 0.462. The second-order valence-electron chi connectivity index (χ2n) is 4.96. The molecule has 0 radical (unpaired) electrons. The molecule has 0 aromatic heterocycles. The molecule has 0 saturated carbocycles. The zero-order valence-electron chi connectivity index (χ0n) is 11.4. The topological polar surface area (TPSA) is 63.2 Å². The first kappa shape index (κ1) is 17.1. The Kier molecular flexibility index (Phi) is 5.06. The lowest BCUT2D eigenvalue weighted by Crippen LogP contribution is -2.17. The maximum Gasteiger partial charge on any atom is 0.416 e. The van der Waals surface area contributed by atoms with E-state index in [0.717, 1.165) is 12.1 Å². The fourth-order valence-corrected chi connectivity index (χ4v) is 5.47. The number of anilines is 1. The number of thioether (sulfide) groups is 1. The first-order valence-electron chi connectivity index (χ1n) is 6.45. The average molecular weight is 353 g/mol. The monoisotopic (exact) mass is 353 g/mol. The minimum absolute atomic E-state index is 0.0706. The minimum Gasteiger partial charge on any atom is -0.325 e. The molecule has 0 spiro atoms. The summed E-state index contributed by atoms with van der Waals surface area (Å²) in [6, 6.07) is 4.16. The van der Waals surface area contributed by atoms with E-state index in [1.807, 2.05) is 0 Å². The summed E-state index contributed by atoms with van der Waals surface area (Å²) in [6.45, 7) is 0. The van der Waals surface area contributed by atoms with Gasteiger partial charge in [-0.2, -0.15) is 13.2 Å². The van der Waals surface area contributed by atoms with Gasteiger partial charge in [-0.1, -0.05) is 0 Å². The number of sulfone groups is 1. The van der Waals surface area contributed by atoms with Crippen LogP contribution in [0.25, 0.3) is 0 Å². The molecule has 1 atom stereocenters. The Balaban J connectivity index is 1.82. The molecule has 1 aliphatic rings. The molecule has 4 nitrogen and oxygen atoms in total. The molecule has 0 aliphatic carbocycles. The minimum atomic E-state index is -4.41. The summed E-state index contributed by atoms with van der Waals surface area (Å²) in [7, 11) is -2.98. The van der Waals surface area contributed by atoms with Gasteiger partial charge in [0.2, 0.25) is 5.91 Å². The first-order chi connectivity index (χ1) is 10.2. The van der Waals surface area contributed by atoms with Crippen molar-refractivity contribution in [1.29, 1.82) is 0 Å². The molecule has 1 N–H and O–H groups in total. The van der Waals surface area contributed by atoms with Crippen molar-refractivity contribution in [3.8, 4) is 0 Å². The normalized spacial score (nSPS) is 20.8. The average Bonchev–Trinajstić information content (AvgIpc) is 2.76. The Hall–Kier alpha value is -1.22. The highest BCUT2D eigenvalue weighted by Crippen LogP contribution is 2.30. The van der Waals surface area contributed by atoms with Gasteiger partial charge >= 0.3 is 6.18 Å². The summed E-state index contributed by atoms with van der Waals surface area (Å²) in [4.78, 5) is 11.7. The Morgan fingerprint density at radius 2 is 1.91 bits per heavy atom. The van der Waals surface area contributed by atoms with E-state index >= 15 is 0 Å².